The Morgan fingerprint density at radius 3 is 2.65 bits per heavy atom. The van der Waals surface area contributed by atoms with Crippen molar-refractivity contribution in [2.24, 2.45) is 5.73 Å². The highest BCUT2D eigenvalue weighted by Gasteiger charge is 2.22. The molecule has 1 aromatic carbocycles. The van der Waals surface area contributed by atoms with E-state index in [0.717, 1.165) is 22.4 Å². The van der Waals surface area contributed by atoms with Crippen molar-refractivity contribution in [3.8, 4) is 0 Å². The van der Waals surface area contributed by atoms with Gasteiger partial charge in [-0.1, -0.05) is 30.3 Å². The molecule has 3 rings (SSSR count). The lowest BCUT2D eigenvalue weighted by Crippen LogP contribution is -2.29. The van der Waals surface area contributed by atoms with Crippen molar-refractivity contribution in [3.05, 3.63) is 77.4 Å². The van der Waals surface area contributed by atoms with Gasteiger partial charge in [0.2, 0.25) is 0 Å². The van der Waals surface area contributed by atoms with E-state index in [1.54, 1.807) is 6.08 Å². The zero-order chi connectivity index (χ0) is 14.1. The summed E-state index contributed by atoms with van der Waals surface area (Å²) in [6.45, 7) is 2.62. The standard InChI is InChI=1S/C17H17FN2/c1-12(19)16-9-15-8-7-14(18)10-20(15)11-17(16)13-5-3-2-4-6-13/h2-10,12H,11,19H2,1H3/t12-/m0/s1. The molecule has 1 atom stereocenters. The number of hydrogen-bond donors (Lipinski definition) is 1. The Bertz CT molecular complexity index is 636. The Hall–Kier alpha value is -2.13. The first kappa shape index (κ1) is 12.9. The molecule has 0 aromatic heterocycles. The quantitative estimate of drug-likeness (QED) is 0.891. The Balaban J connectivity index is 2.09. The maximum atomic E-state index is 13.4. The zero-order valence-corrected chi connectivity index (χ0v) is 11.4. The van der Waals surface area contributed by atoms with E-state index in [4.69, 9.17) is 5.73 Å². The predicted molar refractivity (Wildman–Crippen MR) is 80.1 cm³/mol. The normalized spacial score (nSPS) is 19.4. The van der Waals surface area contributed by atoms with Gasteiger partial charge in [-0.2, -0.15) is 0 Å². The first-order chi connectivity index (χ1) is 9.65. The molecule has 102 valence electrons. The van der Waals surface area contributed by atoms with Crippen LogP contribution < -0.4 is 5.73 Å². The van der Waals surface area contributed by atoms with E-state index < -0.39 is 0 Å². The van der Waals surface area contributed by atoms with Crippen molar-refractivity contribution in [2.45, 2.75) is 13.0 Å². The molecule has 20 heavy (non-hydrogen) atoms. The van der Waals surface area contributed by atoms with Crippen molar-refractivity contribution >= 4 is 5.57 Å². The van der Waals surface area contributed by atoms with Crippen LogP contribution in [0.15, 0.2) is 71.9 Å². The third-order valence-corrected chi connectivity index (χ3v) is 3.62. The number of fused-ring (bicyclic) bond motifs is 1. The molecular formula is C17H17FN2. The molecule has 0 bridgehead atoms. The molecule has 2 N–H and O–H groups in total. The smallest absolute Gasteiger partial charge is 0.139 e. The van der Waals surface area contributed by atoms with Crippen LogP contribution in [0.3, 0.4) is 0 Å². The largest absolute Gasteiger partial charge is 0.341 e. The van der Waals surface area contributed by atoms with E-state index in [9.17, 15) is 4.39 Å². The van der Waals surface area contributed by atoms with E-state index in [-0.39, 0.29) is 11.9 Å². The minimum atomic E-state index is -0.223. The Morgan fingerprint density at radius 2 is 1.95 bits per heavy atom. The summed E-state index contributed by atoms with van der Waals surface area (Å²) in [6, 6.07) is 10.1. The fourth-order valence-corrected chi connectivity index (χ4v) is 2.61. The van der Waals surface area contributed by atoms with E-state index in [0.29, 0.717) is 6.54 Å². The molecule has 2 aliphatic heterocycles. The van der Waals surface area contributed by atoms with Crippen molar-refractivity contribution in [1.82, 2.24) is 4.90 Å². The van der Waals surface area contributed by atoms with Gasteiger partial charge < -0.3 is 10.6 Å². The second-order valence-electron chi connectivity index (χ2n) is 5.13. The third-order valence-electron chi connectivity index (χ3n) is 3.62. The van der Waals surface area contributed by atoms with E-state index >= 15 is 0 Å². The van der Waals surface area contributed by atoms with Gasteiger partial charge in [0.05, 0.1) is 0 Å². The molecule has 0 unspecified atom stereocenters. The van der Waals surface area contributed by atoms with Crippen LogP contribution in [0.2, 0.25) is 0 Å². The highest BCUT2D eigenvalue weighted by atomic mass is 19.1. The van der Waals surface area contributed by atoms with Crippen LogP contribution in [0.4, 0.5) is 4.39 Å². The summed E-state index contributed by atoms with van der Waals surface area (Å²) in [4.78, 5) is 1.92. The van der Waals surface area contributed by atoms with Gasteiger partial charge in [0.25, 0.3) is 0 Å². The molecule has 0 fully saturated rings. The number of nitrogens with zero attached hydrogens (tertiary/aromatic N) is 1. The topological polar surface area (TPSA) is 29.3 Å². The van der Waals surface area contributed by atoms with Gasteiger partial charge in [0.15, 0.2) is 0 Å². The molecule has 0 radical (unpaired) electrons. The molecule has 0 saturated carbocycles. The SMILES string of the molecule is C[C@H](N)C1=C(c2ccccc2)CN2C=C(F)C=CC2=C1. The second-order valence-corrected chi connectivity index (χ2v) is 5.13. The molecule has 2 nitrogen and oxygen atoms in total. The summed E-state index contributed by atoms with van der Waals surface area (Å²) >= 11 is 0. The summed E-state index contributed by atoms with van der Waals surface area (Å²) in [5.41, 5.74) is 10.5. The summed E-state index contributed by atoms with van der Waals surface area (Å²) in [5.74, 6) is -0.223. The van der Waals surface area contributed by atoms with Crippen LogP contribution in [-0.2, 0) is 0 Å². The first-order valence-electron chi connectivity index (χ1n) is 6.73. The third kappa shape index (κ3) is 2.32. The lowest BCUT2D eigenvalue weighted by atomic mass is 9.91. The monoisotopic (exact) mass is 268 g/mol. The van der Waals surface area contributed by atoms with Crippen LogP contribution in [0, 0.1) is 0 Å². The Morgan fingerprint density at radius 1 is 1.20 bits per heavy atom. The molecule has 0 aliphatic carbocycles. The van der Waals surface area contributed by atoms with Gasteiger partial charge in [-0.05, 0) is 41.9 Å². The van der Waals surface area contributed by atoms with Crippen molar-refractivity contribution in [3.63, 3.8) is 0 Å². The average molecular weight is 268 g/mol. The highest BCUT2D eigenvalue weighted by molar-refractivity contribution is 5.75. The minimum absolute atomic E-state index is 0.0518. The van der Waals surface area contributed by atoms with Crippen LogP contribution in [0.5, 0.6) is 0 Å². The van der Waals surface area contributed by atoms with Crippen LogP contribution in [-0.4, -0.2) is 17.5 Å². The van der Waals surface area contributed by atoms with Crippen molar-refractivity contribution in [1.29, 1.82) is 0 Å². The zero-order valence-electron chi connectivity index (χ0n) is 11.4. The van der Waals surface area contributed by atoms with E-state index in [2.05, 4.69) is 18.2 Å². The molecule has 3 heteroatoms. The lowest BCUT2D eigenvalue weighted by Gasteiger charge is -2.32. The number of hydrogen-bond acceptors (Lipinski definition) is 2. The maximum absolute atomic E-state index is 13.4. The van der Waals surface area contributed by atoms with Gasteiger partial charge in [0, 0.05) is 24.5 Å². The van der Waals surface area contributed by atoms with Crippen LogP contribution >= 0.6 is 0 Å². The number of nitrogens with two attached hydrogens (primary N) is 1. The fraction of sp³-hybridized carbons (Fsp3) is 0.176. The number of allylic oxidation sites excluding steroid dienone is 3. The number of rotatable bonds is 2. The summed E-state index contributed by atoms with van der Waals surface area (Å²) in [6.07, 6.45) is 6.86. The van der Waals surface area contributed by atoms with Crippen molar-refractivity contribution < 1.29 is 4.39 Å². The predicted octanol–water partition coefficient (Wildman–Crippen LogP) is 3.37. The van der Waals surface area contributed by atoms with E-state index in [1.807, 2.05) is 30.0 Å². The minimum Gasteiger partial charge on any atom is -0.341 e. The van der Waals surface area contributed by atoms with Gasteiger partial charge >= 0.3 is 0 Å². The first-order valence-corrected chi connectivity index (χ1v) is 6.73. The summed E-state index contributed by atoms with van der Waals surface area (Å²) in [5, 5.41) is 0. The molecule has 2 aliphatic rings. The number of halogens is 1. The molecule has 0 saturated heterocycles. The number of benzene rings is 1. The molecular weight excluding hydrogens is 251 g/mol. The molecule has 1 aromatic rings. The van der Waals surface area contributed by atoms with Crippen LogP contribution in [0.25, 0.3) is 5.57 Å². The van der Waals surface area contributed by atoms with E-state index in [1.165, 1.54) is 12.3 Å². The van der Waals surface area contributed by atoms with Gasteiger partial charge in [-0.15, -0.1) is 0 Å². The highest BCUT2D eigenvalue weighted by Crippen LogP contribution is 2.32. The van der Waals surface area contributed by atoms with Gasteiger partial charge in [0.1, 0.15) is 5.83 Å². The average Bonchev–Trinajstić information content (AvgIpc) is 2.46. The molecule has 0 spiro atoms. The molecule has 0 amide bonds. The van der Waals surface area contributed by atoms with Crippen LogP contribution in [0.1, 0.15) is 12.5 Å². The molecule has 2 heterocycles. The lowest BCUT2D eigenvalue weighted by molar-refractivity contribution is 0.495. The Labute approximate surface area is 118 Å². The summed E-state index contributed by atoms with van der Waals surface area (Å²) < 4.78 is 13.4. The van der Waals surface area contributed by atoms with Gasteiger partial charge in [-0.3, -0.25) is 0 Å². The second kappa shape index (κ2) is 5.10. The van der Waals surface area contributed by atoms with Crippen molar-refractivity contribution in [2.75, 3.05) is 6.54 Å². The maximum Gasteiger partial charge on any atom is 0.139 e. The Kier molecular flexibility index (Phi) is 3.28. The summed E-state index contributed by atoms with van der Waals surface area (Å²) in [7, 11) is 0. The fourth-order valence-electron chi connectivity index (χ4n) is 2.61. The van der Waals surface area contributed by atoms with Gasteiger partial charge in [-0.25, -0.2) is 4.39 Å².